The molecule has 3 heteroatoms. The number of carboxylic acids is 1. The zero-order valence-electron chi connectivity index (χ0n) is 13.9. The summed E-state index contributed by atoms with van der Waals surface area (Å²) in [7, 11) is 0. The molecule has 1 aromatic carbocycles. The van der Waals surface area contributed by atoms with Crippen LogP contribution in [0.1, 0.15) is 58.1 Å². The monoisotopic (exact) mass is 291 g/mol. The van der Waals surface area contributed by atoms with E-state index in [1.165, 1.54) is 11.1 Å². The van der Waals surface area contributed by atoms with E-state index < -0.39 is 5.97 Å². The van der Waals surface area contributed by atoms with Crippen LogP contribution in [0.4, 0.5) is 0 Å². The van der Waals surface area contributed by atoms with Crippen molar-refractivity contribution in [2.24, 2.45) is 0 Å². The summed E-state index contributed by atoms with van der Waals surface area (Å²) < 4.78 is 0. The molecule has 0 atom stereocenters. The normalized spacial score (nSPS) is 11.9. The minimum absolute atomic E-state index is 0.170. The molecule has 0 saturated carbocycles. The van der Waals surface area contributed by atoms with Crippen LogP contribution < -0.4 is 0 Å². The molecule has 1 aromatic rings. The number of benzene rings is 1. The molecule has 0 heterocycles. The van der Waals surface area contributed by atoms with Crippen LogP contribution in [0.15, 0.2) is 24.3 Å². The fourth-order valence-corrected chi connectivity index (χ4v) is 2.27. The summed E-state index contributed by atoms with van der Waals surface area (Å²) >= 11 is 0. The second-order valence-electron chi connectivity index (χ2n) is 6.72. The van der Waals surface area contributed by atoms with Gasteiger partial charge in [0.2, 0.25) is 0 Å². The van der Waals surface area contributed by atoms with Crippen molar-refractivity contribution in [2.45, 2.75) is 58.9 Å². The van der Waals surface area contributed by atoms with E-state index in [-0.39, 0.29) is 11.8 Å². The van der Waals surface area contributed by atoms with Crippen LogP contribution in [-0.2, 0) is 16.8 Å². The van der Waals surface area contributed by atoms with E-state index in [4.69, 9.17) is 5.11 Å². The summed E-state index contributed by atoms with van der Waals surface area (Å²) in [5.74, 6) is -0.723. The van der Waals surface area contributed by atoms with Gasteiger partial charge >= 0.3 is 5.97 Å². The molecule has 1 N–H and O–H groups in total. The van der Waals surface area contributed by atoms with Crippen LogP contribution in [-0.4, -0.2) is 29.1 Å². The third-order valence-corrected chi connectivity index (χ3v) is 3.70. The molecule has 118 valence electrons. The lowest BCUT2D eigenvalue weighted by molar-refractivity contribution is -0.137. The van der Waals surface area contributed by atoms with Crippen molar-refractivity contribution in [2.75, 3.05) is 13.1 Å². The Morgan fingerprint density at radius 3 is 2.24 bits per heavy atom. The van der Waals surface area contributed by atoms with Gasteiger partial charge in [0.05, 0.1) is 6.42 Å². The molecule has 0 unspecified atom stereocenters. The summed E-state index contributed by atoms with van der Waals surface area (Å²) in [6, 6.07) is 8.70. The van der Waals surface area contributed by atoms with Gasteiger partial charge in [0.25, 0.3) is 0 Å². The molecule has 3 nitrogen and oxygen atoms in total. The standard InChI is InChI=1S/C18H29NO2/c1-5-6-12-19(13-11-17(20)21)14-15-7-9-16(10-8-15)18(2,3)4/h7-10H,5-6,11-14H2,1-4H3,(H,20,21). The topological polar surface area (TPSA) is 40.5 Å². The third kappa shape index (κ3) is 6.76. The lowest BCUT2D eigenvalue weighted by Gasteiger charge is -2.23. The number of nitrogens with zero attached hydrogens (tertiary/aromatic N) is 1. The van der Waals surface area contributed by atoms with Gasteiger partial charge in [-0.25, -0.2) is 0 Å². The van der Waals surface area contributed by atoms with Gasteiger partial charge < -0.3 is 5.11 Å². The number of aliphatic carboxylic acids is 1. The smallest absolute Gasteiger partial charge is 0.304 e. The Balaban J connectivity index is 2.66. The summed E-state index contributed by atoms with van der Waals surface area (Å²) in [4.78, 5) is 13.0. The van der Waals surface area contributed by atoms with Crippen molar-refractivity contribution in [1.82, 2.24) is 4.90 Å². The number of carboxylic acid groups (broad SMARTS) is 1. The van der Waals surface area contributed by atoms with Gasteiger partial charge in [-0.2, -0.15) is 0 Å². The summed E-state index contributed by atoms with van der Waals surface area (Å²) in [6.45, 7) is 11.2. The van der Waals surface area contributed by atoms with Crippen LogP contribution in [0.5, 0.6) is 0 Å². The fraction of sp³-hybridized carbons (Fsp3) is 0.611. The van der Waals surface area contributed by atoms with Crippen LogP contribution in [0.25, 0.3) is 0 Å². The minimum atomic E-state index is -0.723. The Morgan fingerprint density at radius 1 is 1.14 bits per heavy atom. The summed E-state index contributed by atoms with van der Waals surface area (Å²) in [6.07, 6.45) is 2.45. The molecule has 0 aromatic heterocycles. The fourth-order valence-electron chi connectivity index (χ4n) is 2.27. The van der Waals surface area contributed by atoms with E-state index in [9.17, 15) is 4.79 Å². The Kier molecular flexibility index (Phi) is 6.90. The summed E-state index contributed by atoms with van der Waals surface area (Å²) in [5.41, 5.74) is 2.75. The lowest BCUT2D eigenvalue weighted by Crippen LogP contribution is -2.27. The largest absolute Gasteiger partial charge is 0.481 e. The van der Waals surface area contributed by atoms with Gasteiger partial charge in [0.15, 0.2) is 0 Å². The van der Waals surface area contributed by atoms with Gasteiger partial charge in [0.1, 0.15) is 0 Å². The molecule has 1 rings (SSSR count). The molecule has 0 saturated heterocycles. The van der Waals surface area contributed by atoms with E-state index in [0.29, 0.717) is 6.54 Å². The highest BCUT2D eigenvalue weighted by Crippen LogP contribution is 2.22. The van der Waals surface area contributed by atoms with Gasteiger partial charge in [-0.1, -0.05) is 58.4 Å². The first-order valence-corrected chi connectivity index (χ1v) is 7.86. The van der Waals surface area contributed by atoms with Crippen molar-refractivity contribution in [3.63, 3.8) is 0 Å². The molecular formula is C18H29NO2. The molecule has 0 aliphatic heterocycles. The average Bonchev–Trinajstić information content (AvgIpc) is 2.41. The second-order valence-corrected chi connectivity index (χ2v) is 6.72. The van der Waals surface area contributed by atoms with Crippen molar-refractivity contribution in [1.29, 1.82) is 0 Å². The maximum atomic E-state index is 10.8. The molecule has 0 spiro atoms. The molecule has 0 amide bonds. The molecule has 0 aliphatic carbocycles. The number of hydrogen-bond donors (Lipinski definition) is 1. The predicted octanol–water partition coefficient (Wildman–Crippen LogP) is 4.06. The van der Waals surface area contributed by atoms with E-state index in [1.807, 2.05) is 0 Å². The second kappa shape index (κ2) is 8.18. The highest BCUT2D eigenvalue weighted by Gasteiger charge is 2.13. The Bertz CT molecular complexity index is 432. The summed E-state index contributed by atoms with van der Waals surface area (Å²) in [5, 5.41) is 8.85. The first-order valence-electron chi connectivity index (χ1n) is 7.86. The van der Waals surface area contributed by atoms with E-state index >= 15 is 0 Å². The maximum absolute atomic E-state index is 10.8. The van der Waals surface area contributed by atoms with Crippen LogP contribution in [0.3, 0.4) is 0 Å². The molecule has 0 bridgehead atoms. The molecule has 0 aliphatic rings. The maximum Gasteiger partial charge on any atom is 0.304 e. The highest BCUT2D eigenvalue weighted by atomic mass is 16.4. The molecule has 0 fully saturated rings. The van der Waals surface area contributed by atoms with E-state index in [0.717, 1.165) is 25.9 Å². The zero-order chi connectivity index (χ0) is 15.9. The van der Waals surface area contributed by atoms with Crippen molar-refractivity contribution in [3.05, 3.63) is 35.4 Å². The average molecular weight is 291 g/mol. The van der Waals surface area contributed by atoms with Crippen molar-refractivity contribution in [3.8, 4) is 0 Å². The number of hydrogen-bond acceptors (Lipinski definition) is 2. The van der Waals surface area contributed by atoms with Crippen molar-refractivity contribution >= 4 is 5.97 Å². The first kappa shape index (κ1) is 17.7. The molecular weight excluding hydrogens is 262 g/mol. The Hall–Kier alpha value is -1.35. The van der Waals surface area contributed by atoms with E-state index in [2.05, 4.69) is 56.9 Å². The van der Waals surface area contributed by atoms with Gasteiger partial charge in [-0.3, -0.25) is 9.69 Å². The highest BCUT2D eigenvalue weighted by molar-refractivity contribution is 5.66. The van der Waals surface area contributed by atoms with Crippen molar-refractivity contribution < 1.29 is 9.90 Å². The number of unbranched alkanes of at least 4 members (excludes halogenated alkanes) is 1. The van der Waals surface area contributed by atoms with Crippen LogP contribution in [0.2, 0.25) is 0 Å². The van der Waals surface area contributed by atoms with Gasteiger partial charge in [-0.15, -0.1) is 0 Å². The molecule has 0 radical (unpaired) electrons. The number of rotatable bonds is 8. The third-order valence-electron chi connectivity index (χ3n) is 3.70. The molecule has 21 heavy (non-hydrogen) atoms. The zero-order valence-corrected chi connectivity index (χ0v) is 13.9. The first-order chi connectivity index (χ1) is 9.82. The lowest BCUT2D eigenvalue weighted by atomic mass is 9.87. The SMILES string of the molecule is CCCCN(CCC(=O)O)Cc1ccc(C(C)(C)C)cc1. The Labute approximate surface area is 129 Å². The van der Waals surface area contributed by atoms with Crippen LogP contribution in [0, 0.1) is 0 Å². The van der Waals surface area contributed by atoms with Gasteiger partial charge in [0, 0.05) is 13.1 Å². The minimum Gasteiger partial charge on any atom is -0.481 e. The quantitative estimate of drug-likeness (QED) is 0.785. The predicted molar refractivity (Wildman–Crippen MR) is 87.6 cm³/mol. The van der Waals surface area contributed by atoms with Gasteiger partial charge in [-0.05, 0) is 29.5 Å². The van der Waals surface area contributed by atoms with E-state index in [1.54, 1.807) is 0 Å². The Morgan fingerprint density at radius 2 is 1.76 bits per heavy atom. The number of carbonyl (C=O) groups is 1. The van der Waals surface area contributed by atoms with Crippen LogP contribution >= 0.6 is 0 Å².